The first-order chi connectivity index (χ1) is 14.4. The van der Waals surface area contributed by atoms with Crippen LogP contribution in [0.25, 0.3) is 0 Å². The number of ether oxygens (including phenoxy) is 1. The molecule has 3 rings (SSSR count). The first kappa shape index (κ1) is 22.5. The summed E-state index contributed by atoms with van der Waals surface area (Å²) in [5.74, 6) is 0.454. The van der Waals surface area contributed by atoms with Crippen molar-refractivity contribution in [3.05, 3.63) is 44.2 Å². The van der Waals surface area contributed by atoms with E-state index in [0.29, 0.717) is 15.7 Å². The van der Waals surface area contributed by atoms with E-state index in [9.17, 15) is 9.59 Å². The molecule has 0 saturated heterocycles. The fourth-order valence-corrected chi connectivity index (χ4v) is 5.49. The highest BCUT2D eigenvalue weighted by Gasteiger charge is 2.22. The maximum absolute atomic E-state index is 12.6. The molecule has 10 heteroatoms. The second-order valence-electron chi connectivity index (χ2n) is 6.44. The van der Waals surface area contributed by atoms with Crippen molar-refractivity contribution in [3.63, 3.8) is 0 Å². The van der Waals surface area contributed by atoms with Crippen LogP contribution in [0.2, 0.25) is 0 Å². The Morgan fingerprint density at radius 2 is 2.07 bits per heavy atom. The summed E-state index contributed by atoms with van der Waals surface area (Å²) in [6.07, 6.45) is 0.724. The molecular formula is C20H24N4O3S3. The molecular weight excluding hydrogens is 440 g/mol. The summed E-state index contributed by atoms with van der Waals surface area (Å²) in [5, 5.41) is 14.7. The Bertz CT molecular complexity index is 1020. The number of hydrogen-bond donors (Lipinski definition) is 1. The van der Waals surface area contributed by atoms with Crippen LogP contribution < -0.4 is 5.32 Å². The fourth-order valence-electron chi connectivity index (χ4n) is 2.90. The number of aryl methyl sites for hydroxylation is 1. The summed E-state index contributed by atoms with van der Waals surface area (Å²) in [7, 11) is 0. The van der Waals surface area contributed by atoms with Gasteiger partial charge in [-0.15, -0.1) is 32.9 Å². The van der Waals surface area contributed by atoms with Gasteiger partial charge >= 0.3 is 5.97 Å². The summed E-state index contributed by atoms with van der Waals surface area (Å²) < 4.78 is 7.17. The van der Waals surface area contributed by atoms with Crippen LogP contribution in [0.1, 0.15) is 45.3 Å². The van der Waals surface area contributed by atoms with E-state index in [1.165, 1.54) is 28.0 Å². The number of thioether (sulfide) groups is 1. The molecule has 7 nitrogen and oxygen atoms in total. The van der Waals surface area contributed by atoms with Gasteiger partial charge in [0.25, 0.3) is 0 Å². The first-order valence-electron chi connectivity index (χ1n) is 9.58. The zero-order valence-electron chi connectivity index (χ0n) is 17.4. The van der Waals surface area contributed by atoms with Gasteiger partial charge in [-0.2, -0.15) is 0 Å². The highest BCUT2D eigenvalue weighted by atomic mass is 32.2. The van der Waals surface area contributed by atoms with Gasteiger partial charge in [-0.05, 0) is 44.7 Å². The third-order valence-electron chi connectivity index (χ3n) is 4.47. The van der Waals surface area contributed by atoms with E-state index in [1.54, 1.807) is 18.3 Å². The number of nitrogens with one attached hydrogen (secondary N) is 1. The van der Waals surface area contributed by atoms with Gasteiger partial charge in [0.05, 0.1) is 17.9 Å². The van der Waals surface area contributed by atoms with Crippen LogP contribution in [0.4, 0.5) is 5.00 Å². The van der Waals surface area contributed by atoms with Gasteiger partial charge in [-0.1, -0.05) is 17.8 Å². The lowest BCUT2D eigenvalue weighted by atomic mass is 10.1. The van der Waals surface area contributed by atoms with Crippen LogP contribution >= 0.6 is 34.4 Å². The van der Waals surface area contributed by atoms with Gasteiger partial charge in [0.1, 0.15) is 10.8 Å². The lowest BCUT2D eigenvalue weighted by Crippen LogP contribution is -2.17. The molecule has 0 atom stereocenters. The standard InChI is InChI=1S/C20H24N4O3S3/c1-5-24-15(10-14-8-7-9-28-14)22-23-20(24)29-11-16(25)21-18-17(19(26)27-6-2)12(3)13(4)30-18/h7-9H,5-6,10-11H2,1-4H3,(H,21,25). The second-order valence-corrected chi connectivity index (χ2v) is 9.64. The number of rotatable bonds is 9. The van der Waals surface area contributed by atoms with Gasteiger partial charge < -0.3 is 14.6 Å². The van der Waals surface area contributed by atoms with E-state index >= 15 is 0 Å². The van der Waals surface area contributed by atoms with Gasteiger partial charge in [0, 0.05) is 22.7 Å². The summed E-state index contributed by atoms with van der Waals surface area (Å²) in [6.45, 7) is 8.60. The smallest absolute Gasteiger partial charge is 0.341 e. The molecule has 0 saturated carbocycles. The number of aromatic nitrogens is 3. The van der Waals surface area contributed by atoms with E-state index in [-0.39, 0.29) is 18.3 Å². The van der Waals surface area contributed by atoms with Crippen molar-refractivity contribution in [2.45, 2.75) is 45.8 Å². The predicted octanol–water partition coefficient (Wildman–Crippen LogP) is 4.54. The number of anilines is 1. The Labute approximate surface area is 187 Å². The Hall–Kier alpha value is -2.17. The number of hydrogen-bond acceptors (Lipinski definition) is 8. The van der Waals surface area contributed by atoms with Crippen LogP contribution in [-0.2, 0) is 22.5 Å². The monoisotopic (exact) mass is 464 g/mol. The number of carbonyl (C=O) groups excluding carboxylic acids is 2. The van der Waals surface area contributed by atoms with Crippen molar-refractivity contribution in [3.8, 4) is 0 Å². The summed E-state index contributed by atoms with van der Waals surface area (Å²) >= 11 is 4.41. The second kappa shape index (κ2) is 10.2. The zero-order chi connectivity index (χ0) is 21.7. The summed E-state index contributed by atoms with van der Waals surface area (Å²) in [6, 6.07) is 4.09. The van der Waals surface area contributed by atoms with E-state index in [4.69, 9.17) is 4.74 Å². The van der Waals surface area contributed by atoms with Crippen LogP contribution in [0.3, 0.4) is 0 Å². The average Bonchev–Trinajstić information content (AvgIpc) is 3.41. The largest absolute Gasteiger partial charge is 0.462 e. The molecule has 3 heterocycles. The Morgan fingerprint density at radius 3 is 2.73 bits per heavy atom. The highest BCUT2D eigenvalue weighted by Crippen LogP contribution is 2.33. The molecule has 0 radical (unpaired) electrons. The molecule has 0 aromatic carbocycles. The molecule has 0 aliphatic heterocycles. The lowest BCUT2D eigenvalue weighted by molar-refractivity contribution is -0.113. The lowest BCUT2D eigenvalue weighted by Gasteiger charge is -2.08. The molecule has 1 N–H and O–H groups in total. The highest BCUT2D eigenvalue weighted by molar-refractivity contribution is 7.99. The van der Waals surface area contributed by atoms with Crippen molar-refractivity contribution < 1.29 is 14.3 Å². The summed E-state index contributed by atoms with van der Waals surface area (Å²) in [5.41, 5.74) is 1.28. The Morgan fingerprint density at radius 1 is 1.27 bits per heavy atom. The number of nitrogens with zero attached hydrogens (tertiary/aromatic N) is 3. The molecule has 30 heavy (non-hydrogen) atoms. The van der Waals surface area contributed by atoms with Crippen molar-refractivity contribution in [1.29, 1.82) is 0 Å². The third kappa shape index (κ3) is 5.11. The molecule has 0 bridgehead atoms. The fraction of sp³-hybridized carbons (Fsp3) is 0.400. The maximum atomic E-state index is 12.6. The third-order valence-corrected chi connectivity index (χ3v) is 7.44. The minimum Gasteiger partial charge on any atom is -0.462 e. The molecule has 1 amide bonds. The van der Waals surface area contributed by atoms with E-state index in [1.807, 2.05) is 36.8 Å². The SMILES string of the molecule is CCOC(=O)c1c(NC(=O)CSc2nnc(Cc3cccs3)n2CC)sc(C)c1C. The molecule has 3 aromatic rings. The summed E-state index contributed by atoms with van der Waals surface area (Å²) in [4.78, 5) is 27.1. The van der Waals surface area contributed by atoms with Gasteiger partial charge in [0.2, 0.25) is 5.91 Å². The minimum atomic E-state index is -0.411. The van der Waals surface area contributed by atoms with Crippen LogP contribution in [0.15, 0.2) is 22.7 Å². The van der Waals surface area contributed by atoms with Crippen LogP contribution in [0.5, 0.6) is 0 Å². The Kier molecular flexibility index (Phi) is 7.68. The molecule has 3 aromatic heterocycles. The zero-order valence-corrected chi connectivity index (χ0v) is 19.8. The number of amides is 1. The number of esters is 1. The molecule has 0 aliphatic rings. The average molecular weight is 465 g/mol. The minimum absolute atomic E-state index is 0.176. The van der Waals surface area contributed by atoms with Gasteiger partial charge in [0.15, 0.2) is 5.16 Å². The number of thiophene rings is 2. The Balaban J connectivity index is 1.66. The van der Waals surface area contributed by atoms with E-state index in [0.717, 1.165) is 29.2 Å². The predicted molar refractivity (Wildman–Crippen MR) is 122 cm³/mol. The normalized spacial score (nSPS) is 10.9. The van der Waals surface area contributed by atoms with Crippen LogP contribution in [-0.4, -0.2) is 39.0 Å². The topological polar surface area (TPSA) is 86.1 Å². The molecule has 0 aliphatic carbocycles. The maximum Gasteiger partial charge on any atom is 0.341 e. The van der Waals surface area contributed by atoms with Gasteiger partial charge in [-0.25, -0.2) is 4.79 Å². The van der Waals surface area contributed by atoms with E-state index < -0.39 is 5.97 Å². The van der Waals surface area contributed by atoms with Crippen LogP contribution in [0, 0.1) is 13.8 Å². The molecule has 0 unspecified atom stereocenters. The molecule has 160 valence electrons. The van der Waals surface area contributed by atoms with Crippen molar-refractivity contribution in [2.24, 2.45) is 0 Å². The van der Waals surface area contributed by atoms with E-state index in [2.05, 4.69) is 21.6 Å². The van der Waals surface area contributed by atoms with Crippen molar-refractivity contribution in [1.82, 2.24) is 14.8 Å². The number of carbonyl (C=O) groups is 2. The molecule has 0 fully saturated rings. The van der Waals surface area contributed by atoms with Gasteiger partial charge in [-0.3, -0.25) is 4.79 Å². The van der Waals surface area contributed by atoms with Crippen molar-refractivity contribution >= 4 is 51.3 Å². The first-order valence-corrected chi connectivity index (χ1v) is 12.3. The van der Waals surface area contributed by atoms with Crippen molar-refractivity contribution in [2.75, 3.05) is 17.7 Å². The molecule has 0 spiro atoms. The quantitative estimate of drug-likeness (QED) is 0.370.